The van der Waals surface area contributed by atoms with Gasteiger partial charge in [0.15, 0.2) is 0 Å². The number of ether oxygens (including phenoxy) is 2. The number of anilines is 6. The van der Waals surface area contributed by atoms with Crippen molar-refractivity contribution in [3.05, 3.63) is 132 Å². The molecule has 0 atom stereocenters. The first kappa shape index (κ1) is 25.7. The second-order valence-corrected chi connectivity index (χ2v) is 10.9. The summed E-state index contributed by atoms with van der Waals surface area (Å²) in [4.78, 5) is 4.54. The van der Waals surface area contributed by atoms with Crippen molar-refractivity contribution < 1.29 is 9.47 Å². The fourth-order valence-corrected chi connectivity index (χ4v) is 6.21. The Hall–Kier alpha value is -4.52. The maximum atomic E-state index is 5.37. The maximum absolute atomic E-state index is 5.37. The lowest BCUT2D eigenvalue weighted by molar-refractivity contribution is 0.414. The van der Waals surface area contributed by atoms with Gasteiger partial charge >= 0.3 is 0 Å². The molecule has 2 aromatic heterocycles. The molecule has 0 spiro atoms. The van der Waals surface area contributed by atoms with Crippen LogP contribution in [0.15, 0.2) is 132 Å². The lowest BCUT2D eigenvalue weighted by Gasteiger charge is -2.24. The molecular formula is C34H28N2O2S2. The lowest BCUT2D eigenvalue weighted by Crippen LogP contribution is -2.08. The number of methoxy groups -OCH3 is 2. The number of hydrogen-bond donors (Lipinski definition) is 0. The summed E-state index contributed by atoms with van der Waals surface area (Å²) in [5.74, 6) is 1.69. The molecular weight excluding hydrogens is 533 g/mol. The Labute approximate surface area is 242 Å². The van der Waals surface area contributed by atoms with Gasteiger partial charge in [0.1, 0.15) is 11.5 Å². The third-order valence-corrected chi connectivity index (χ3v) is 8.41. The van der Waals surface area contributed by atoms with Crippen LogP contribution in [0.4, 0.5) is 32.8 Å². The third-order valence-electron chi connectivity index (χ3n) is 6.70. The molecule has 0 bridgehead atoms. The molecule has 0 saturated carbocycles. The van der Waals surface area contributed by atoms with Crippen molar-refractivity contribution in [2.24, 2.45) is 0 Å². The molecule has 0 aliphatic heterocycles. The van der Waals surface area contributed by atoms with E-state index < -0.39 is 0 Å². The van der Waals surface area contributed by atoms with E-state index in [4.69, 9.17) is 9.47 Å². The average molecular weight is 561 g/mol. The van der Waals surface area contributed by atoms with Crippen LogP contribution in [0.2, 0.25) is 0 Å². The zero-order valence-electron chi connectivity index (χ0n) is 22.2. The molecule has 198 valence electrons. The SMILES string of the molecule is COc1ccc(N(c2ccc(-c3ccc(N(c4ccc(OC)cc4)c4cccs4)cc3)cc2)c2cccs2)cc1. The topological polar surface area (TPSA) is 24.9 Å². The van der Waals surface area contributed by atoms with E-state index in [9.17, 15) is 0 Å². The van der Waals surface area contributed by atoms with Crippen molar-refractivity contribution in [3.8, 4) is 22.6 Å². The predicted molar refractivity (Wildman–Crippen MR) is 170 cm³/mol. The highest BCUT2D eigenvalue weighted by molar-refractivity contribution is 7.14. The van der Waals surface area contributed by atoms with Crippen molar-refractivity contribution in [1.82, 2.24) is 0 Å². The van der Waals surface area contributed by atoms with E-state index in [1.165, 1.54) is 11.1 Å². The summed E-state index contributed by atoms with van der Waals surface area (Å²) < 4.78 is 10.7. The van der Waals surface area contributed by atoms with Gasteiger partial charge in [-0.3, -0.25) is 0 Å². The van der Waals surface area contributed by atoms with E-state index in [0.717, 1.165) is 44.3 Å². The van der Waals surface area contributed by atoms with Crippen LogP contribution in [-0.2, 0) is 0 Å². The molecule has 0 unspecified atom stereocenters. The zero-order chi connectivity index (χ0) is 27.3. The summed E-state index contributed by atoms with van der Waals surface area (Å²) >= 11 is 3.44. The first-order valence-electron chi connectivity index (χ1n) is 12.9. The molecule has 0 saturated heterocycles. The third kappa shape index (κ3) is 5.32. The molecule has 4 nitrogen and oxygen atoms in total. The van der Waals surface area contributed by atoms with E-state index in [-0.39, 0.29) is 0 Å². The summed E-state index contributed by atoms with van der Waals surface area (Å²) in [7, 11) is 3.38. The van der Waals surface area contributed by atoms with Gasteiger partial charge in [-0.25, -0.2) is 0 Å². The summed E-state index contributed by atoms with van der Waals surface area (Å²) in [6.45, 7) is 0. The van der Waals surface area contributed by atoms with Gasteiger partial charge in [-0.1, -0.05) is 24.3 Å². The number of thiophene rings is 2. The molecule has 0 aliphatic carbocycles. The highest BCUT2D eigenvalue weighted by atomic mass is 32.1. The first-order valence-corrected chi connectivity index (χ1v) is 14.7. The standard InChI is InChI=1S/C34H28N2O2S2/c1-37-31-19-15-29(16-20-31)35(33-5-3-23-39-33)27-11-7-25(8-12-27)26-9-13-28(14-10-26)36(34-6-4-24-40-34)30-17-21-32(38-2)22-18-30/h3-24H,1-2H3. The molecule has 2 heterocycles. The van der Waals surface area contributed by atoms with Gasteiger partial charge in [0.05, 0.1) is 24.2 Å². The second kappa shape index (κ2) is 11.7. The first-order chi connectivity index (χ1) is 19.7. The number of hydrogen-bond acceptors (Lipinski definition) is 6. The quantitative estimate of drug-likeness (QED) is 0.176. The largest absolute Gasteiger partial charge is 0.497 e. The Morgan fingerprint density at radius 2 is 0.750 bits per heavy atom. The van der Waals surface area contributed by atoms with E-state index in [2.05, 4.69) is 118 Å². The highest BCUT2D eigenvalue weighted by Crippen LogP contribution is 2.40. The molecule has 40 heavy (non-hydrogen) atoms. The molecule has 6 aromatic rings. The minimum absolute atomic E-state index is 0.846. The van der Waals surface area contributed by atoms with E-state index in [1.807, 2.05) is 24.3 Å². The minimum atomic E-state index is 0.846. The van der Waals surface area contributed by atoms with Crippen LogP contribution in [0.3, 0.4) is 0 Å². The highest BCUT2D eigenvalue weighted by Gasteiger charge is 2.15. The van der Waals surface area contributed by atoms with Gasteiger partial charge in [0.25, 0.3) is 0 Å². The number of nitrogens with zero attached hydrogens (tertiary/aromatic N) is 2. The van der Waals surface area contributed by atoms with Crippen molar-refractivity contribution in [2.75, 3.05) is 24.0 Å². The Balaban J connectivity index is 1.28. The van der Waals surface area contributed by atoms with Gasteiger partial charge in [-0.05, 0) is 119 Å². The van der Waals surface area contributed by atoms with Crippen molar-refractivity contribution in [1.29, 1.82) is 0 Å². The van der Waals surface area contributed by atoms with Crippen LogP contribution in [0.25, 0.3) is 11.1 Å². The lowest BCUT2D eigenvalue weighted by atomic mass is 10.0. The summed E-state index contributed by atoms with van der Waals surface area (Å²) in [5.41, 5.74) is 6.74. The van der Waals surface area contributed by atoms with E-state index >= 15 is 0 Å². The molecule has 0 fully saturated rings. The fraction of sp³-hybridized carbons (Fsp3) is 0.0588. The van der Waals surface area contributed by atoms with Crippen LogP contribution < -0.4 is 19.3 Å². The maximum Gasteiger partial charge on any atom is 0.119 e. The Bertz CT molecular complexity index is 1500. The van der Waals surface area contributed by atoms with Gasteiger partial charge in [0, 0.05) is 22.7 Å². The molecule has 0 N–H and O–H groups in total. The van der Waals surface area contributed by atoms with Gasteiger partial charge in [0.2, 0.25) is 0 Å². The van der Waals surface area contributed by atoms with Crippen molar-refractivity contribution >= 4 is 55.4 Å². The Morgan fingerprint density at radius 1 is 0.425 bits per heavy atom. The summed E-state index contributed by atoms with van der Waals surface area (Å²) in [6, 6.07) is 42.3. The van der Waals surface area contributed by atoms with Crippen LogP contribution in [0.1, 0.15) is 0 Å². The number of benzene rings is 4. The van der Waals surface area contributed by atoms with Crippen LogP contribution in [0, 0.1) is 0 Å². The van der Waals surface area contributed by atoms with E-state index in [0.29, 0.717) is 0 Å². The normalized spacial score (nSPS) is 10.8. The molecule has 6 rings (SSSR count). The summed E-state index contributed by atoms with van der Waals surface area (Å²) in [6.07, 6.45) is 0. The van der Waals surface area contributed by atoms with Crippen molar-refractivity contribution in [3.63, 3.8) is 0 Å². The predicted octanol–water partition coefficient (Wildman–Crippen LogP) is 10.4. The zero-order valence-corrected chi connectivity index (χ0v) is 23.9. The van der Waals surface area contributed by atoms with E-state index in [1.54, 1.807) is 36.9 Å². The minimum Gasteiger partial charge on any atom is -0.497 e. The van der Waals surface area contributed by atoms with Gasteiger partial charge in [-0.2, -0.15) is 0 Å². The van der Waals surface area contributed by atoms with Crippen molar-refractivity contribution in [2.45, 2.75) is 0 Å². The molecule has 0 radical (unpaired) electrons. The second-order valence-electron chi connectivity index (χ2n) is 9.06. The molecule has 4 aromatic carbocycles. The molecule has 0 amide bonds. The van der Waals surface area contributed by atoms with Crippen LogP contribution >= 0.6 is 22.7 Å². The molecule has 6 heteroatoms. The van der Waals surface area contributed by atoms with Crippen LogP contribution in [0.5, 0.6) is 11.5 Å². The monoisotopic (exact) mass is 560 g/mol. The van der Waals surface area contributed by atoms with Gasteiger partial charge in [-0.15, -0.1) is 22.7 Å². The van der Waals surface area contributed by atoms with Crippen LogP contribution in [-0.4, -0.2) is 14.2 Å². The number of rotatable bonds is 9. The van der Waals surface area contributed by atoms with Gasteiger partial charge < -0.3 is 19.3 Å². The smallest absolute Gasteiger partial charge is 0.119 e. The summed E-state index contributed by atoms with van der Waals surface area (Å²) in [5, 5.41) is 6.53. The Morgan fingerprint density at radius 3 is 1.02 bits per heavy atom. The fourth-order valence-electron chi connectivity index (χ4n) is 4.67. The molecule has 0 aliphatic rings. The Kier molecular flexibility index (Phi) is 7.53. The average Bonchev–Trinajstić information content (AvgIpc) is 3.75.